The summed E-state index contributed by atoms with van der Waals surface area (Å²) in [5.41, 5.74) is 5.66. The smallest absolute Gasteiger partial charge is 0.134 e. The van der Waals surface area contributed by atoms with Gasteiger partial charge in [0.2, 0.25) is 0 Å². The first kappa shape index (κ1) is 18.7. The number of ether oxygens (including phenoxy) is 2. The quantitative estimate of drug-likeness (QED) is 0.551. The molecular weight excluding hydrogens is 356 g/mol. The second-order valence-corrected chi connectivity index (χ2v) is 6.99. The fraction of sp³-hybridized carbons (Fsp3) is 0.182. The number of allylic oxidation sites excluding steroid dienone is 1. The Kier molecular flexibility index (Phi) is 5.58. The molecule has 2 aromatic carbocycles. The Balaban J connectivity index is 1.99. The summed E-state index contributed by atoms with van der Waals surface area (Å²) in [7, 11) is 3.20. The van der Waals surface area contributed by atoms with E-state index in [2.05, 4.69) is 43.1 Å². The van der Waals surface area contributed by atoms with Crippen LogP contribution < -0.4 is 9.47 Å². The van der Waals surface area contributed by atoms with Crippen LogP contribution in [-0.4, -0.2) is 19.2 Å². The van der Waals surface area contributed by atoms with E-state index < -0.39 is 0 Å². The van der Waals surface area contributed by atoms with Crippen molar-refractivity contribution < 1.29 is 9.47 Å². The van der Waals surface area contributed by atoms with Crippen molar-refractivity contribution in [2.45, 2.75) is 13.8 Å². The SMILES string of the molecule is COc1ccc(/C=C(/C#N)c2nc(-c3ccc(C)cc3C)cs2)c(OC)c1. The van der Waals surface area contributed by atoms with Gasteiger partial charge in [-0.15, -0.1) is 11.3 Å². The summed E-state index contributed by atoms with van der Waals surface area (Å²) < 4.78 is 10.6. The van der Waals surface area contributed by atoms with Crippen molar-refractivity contribution in [2.24, 2.45) is 0 Å². The van der Waals surface area contributed by atoms with Crippen LogP contribution in [0.25, 0.3) is 22.9 Å². The van der Waals surface area contributed by atoms with E-state index >= 15 is 0 Å². The third-order valence-corrected chi connectivity index (χ3v) is 5.13. The van der Waals surface area contributed by atoms with Crippen LogP contribution in [0.15, 0.2) is 41.8 Å². The highest BCUT2D eigenvalue weighted by atomic mass is 32.1. The second kappa shape index (κ2) is 8.07. The number of aryl methyl sites for hydroxylation is 2. The van der Waals surface area contributed by atoms with E-state index in [1.54, 1.807) is 26.4 Å². The Hall–Kier alpha value is -3.10. The molecule has 4 nitrogen and oxygen atoms in total. The molecule has 0 aliphatic carbocycles. The van der Waals surface area contributed by atoms with Crippen LogP contribution in [-0.2, 0) is 0 Å². The summed E-state index contributed by atoms with van der Waals surface area (Å²) in [5, 5.41) is 12.3. The van der Waals surface area contributed by atoms with Crippen molar-refractivity contribution in [2.75, 3.05) is 14.2 Å². The van der Waals surface area contributed by atoms with Crippen molar-refractivity contribution >= 4 is 23.0 Å². The fourth-order valence-electron chi connectivity index (χ4n) is 2.86. The molecule has 0 unspecified atom stereocenters. The molecule has 0 radical (unpaired) electrons. The fourth-order valence-corrected chi connectivity index (χ4v) is 3.64. The molecule has 3 rings (SSSR count). The van der Waals surface area contributed by atoms with Crippen LogP contribution in [0.2, 0.25) is 0 Å². The number of hydrogen-bond donors (Lipinski definition) is 0. The van der Waals surface area contributed by atoms with Crippen molar-refractivity contribution in [3.05, 3.63) is 63.5 Å². The lowest BCUT2D eigenvalue weighted by Crippen LogP contribution is -1.91. The minimum atomic E-state index is 0.500. The van der Waals surface area contributed by atoms with Gasteiger partial charge in [0.15, 0.2) is 0 Å². The van der Waals surface area contributed by atoms with E-state index in [1.807, 2.05) is 17.5 Å². The Morgan fingerprint density at radius 2 is 1.93 bits per heavy atom. The number of benzene rings is 2. The zero-order valence-corrected chi connectivity index (χ0v) is 16.6. The third kappa shape index (κ3) is 4.02. The van der Waals surface area contributed by atoms with Crippen LogP contribution in [0.5, 0.6) is 11.5 Å². The van der Waals surface area contributed by atoms with E-state index in [-0.39, 0.29) is 0 Å². The van der Waals surface area contributed by atoms with E-state index in [4.69, 9.17) is 9.47 Å². The lowest BCUT2D eigenvalue weighted by Gasteiger charge is -2.07. The highest BCUT2D eigenvalue weighted by Gasteiger charge is 2.12. The molecule has 0 bridgehead atoms. The van der Waals surface area contributed by atoms with Crippen LogP contribution in [0.1, 0.15) is 21.7 Å². The molecule has 0 aliphatic heterocycles. The molecule has 0 fully saturated rings. The first-order chi connectivity index (χ1) is 13.0. The van der Waals surface area contributed by atoms with Gasteiger partial charge in [-0.2, -0.15) is 5.26 Å². The highest BCUT2D eigenvalue weighted by molar-refractivity contribution is 7.11. The Labute approximate surface area is 163 Å². The van der Waals surface area contributed by atoms with Gasteiger partial charge in [-0.25, -0.2) is 4.98 Å². The molecule has 3 aromatic rings. The lowest BCUT2D eigenvalue weighted by atomic mass is 10.0. The van der Waals surface area contributed by atoms with Gasteiger partial charge in [0, 0.05) is 22.6 Å². The van der Waals surface area contributed by atoms with Gasteiger partial charge in [-0.05, 0) is 37.6 Å². The summed E-state index contributed by atoms with van der Waals surface area (Å²) in [6.07, 6.45) is 1.79. The summed E-state index contributed by atoms with van der Waals surface area (Å²) in [6, 6.07) is 14.0. The zero-order chi connectivity index (χ0) is 19.4. The first-order valence-electron chi connectivity index (χ1n) is 8.43. The number of hydrogen-bond acceptors (Lipinski definition) is 5. The number of rotatable bonds is 5. The molecule has 0 aliphatic rings. The maximum absolute atomic E-state index is 9.66. The van der Waals surface area contributed by atoms with E-state index in [1.165, 1.54) is 22.5 Å². The standard InChI is InChI=1S/C22H20N2O2S/c1-14-5-8-19(15(2)9-14)20-13-27-22(24-20)17(12-23)10-16-6-7-18(25-3)11-21(16)26-4/h5-11,13H,1-4H3/b17-10-. The third-order valence-electron chi connectivity index (χ3n) is 4.25. The molecule has 0 atom stereocenters. The normalized spacial score (nSPS) is 11.1. The predicted octanol–water partition coefficient (Wildman–Crippen LogP) is 5.51. The summed E-state index contributed by atoms with van der Waals surface area (Å²) in [5.74, 6) is 1.35. The van der Waals surface area contributed by atoms with Gasteiger partial charge in [-0.3, -0.25) is 0 Å². The van der Waals surface area contributed by atoms with Crippen molar-refractivity contribution in [1.29, 1.82) is 5.26 Å². The molecule has 1 aromatic heterocycles. The minimum Gasteiger partial charge on any atom is -0.497 e. The monoisotopic (exact) mass is 376 g/mol. The number of methoxy groups -OCH3 is 2. The maximum Gasteiger partial charge on any atom is 0.134 e. The average Bonchev–Trinajstić information content (AvgIpc) is 3.15. The molecule has 1 heterocycles. The van der Waals surface area contributed by atoms with Gasteiger partial charge < -0.3 is 9.47 Å². The number of aromatic nitrogens is 1. The number of nitriles is 1. The number of nitrogens with zero attached hydrogens (tertiary/aromatic N) is 2. The topological polar surface area (TPSA) is 55.1 Å². The van der Waals surface area contributed by atoms with Gasteiger partial charge in [0.25, 0.3) is 0 Å². The van der Waals surface area contributed by atoms with Crippen molar-refractivity contribution in [3.63, 3.8) is 0 Å². The Bertz CT molecular complexity index is 1040. The Morgan fingerprint density at radius 1 is 1.11 bits per heavy atom. The number of thiazole rings is 1. The van der Waals surface area contributed by atoms with Crippen LogP contribution in [0.4, 0.5) is 0 Å². The molecule has 0 N–H and O–H groups in total. The highest BCUT2D eigenvalue weighted by Crippen LogP contribution is 2.32. The molecule has 136 valence electrons. The van der Waals surface area contributed by atoms with Gasteiger partial charge in [0.1, 0.15) is 22.6 Å². The molecule has 5 heteroatoms. The van der Waals surface area contributed by atoms with Crippen LogP contribution in [0, 0.1) is 25.2 Å². The summed E-state index contributed by atoms with van der Waals surface area (Å²) >= 11 is 1.46. The molecule has 0 saturated heterocycles. The zero-order valence-electron chi connectivity index (χ0n) is 15.7. The predicted molar refractivity (Wildman–Crippen MR) is 110 cm³/mol. The summed E-state index contributed by atoms with van der Waals surface area (Å²) in [4.78, 5) is 4.69. The molecule has 27 heavy (non-hydrogen) atoms. The van der Waals surface area contributed by atoms with E-state index in [0.717, 1.165) is 16.8 Å². The molecule has 0 spiro atoms. The molecular formula is C22H20N2O2S. The Morgan fingerprint density at radius 3 is 2.59 bits per heavy atom. The van der Waals surface area contributed by atoms with E-state index in [9.17, 15) is 5.26 Å². The maximum atomic E-state index is 9.66. The van der Waals surface area contributed by atoms with Crippen molar-refractivity contribution in [3.8, 4) is 28.8 Å². The van der Waals surface area contributed by atoms with Gasteiger partial charge >= 0.3 is 0 Å². The van der Waals surface area contributed by atoms with Crippen LogP contribution >= 0.6 is 11.3 Å². The van der Waals surface area contributed by atoms with Crippen LogP contribution in [0.3, 0.4) is 0 Å². The molecule has 0 saturated carbocycles. The first-order valence-corrected chi connectivity index (χ1v) is 9.31. The van der Waals surface area contributed by atoms with Gasteiger partial charge in [-0.1, -0.05) is 23.8 Å². The van der Waals surface area contributed by atoms with Gasteiger partial charge in [0.05, 0.1) is 25.5 Å². The summed E-state index contributed by atoms with van der Waals surface area (Å²) in [6.45, 7) is 4.15. The minimum absolute atomic E-state index is 0.500. The average molecular weight is 376 g/mol. The second-order valence-electron chi connectivity index (χ2n) is 6.13. The van der Waals surface area contributed by atoms with E-state index in [0.29, 0.717) is 22.1 Å². The van der Waals surface area contributed by atoms with Crippen molar-refractivity contribution in [1.82, 2.24) is 4.98 Å². The largest absolute Gasteiger partial charge is 0.497 e. The molecule has 0 amide bonds. The lowest BCUT2D eigenvalue weighted by molar-refractivity contribution is 0.394.